The lowest BCUT2D eigenvalue weighted by Gasteiger charge is -2.25. The minimum atomic E-state index is -5.08. The summed E-state index contributed by atoms with van der Waals surface area (Å²) in [4.78, 5) is 29.1. The number of alkyl halides is 6. The first-order chi connectivity index (χ1) is 14.3. The van der Waals surface area contributed by atoms with Gasteiger partial charge in [0.25, 0.3) is 11.9 Å². The van der Waals surface area contributed by atoms with Crippen LogP contribution in [0.2, 0.25) is 0 Å². The summed E-state index contributed by atoms with van der Waals surface area (Å²) < 4.78 is 78.4. The Morgan fingerprint density at radius 1 is 1.06 bits per heavy atom. The summed E-state index contributed by atoms with van der Waals surface area (Å²) in [5.41, 5.74) is 1.28. The zero-order valence-electron chi connectivity index (χ0n) is 16.1. The van der Waals surface area contributed by atoms with Crippen molar-refractivity contribution in [1.82, 2.24) is 14.9 Å². The quantitative estimate of drug-likeness (QED) is 0.440. The van der Waals surface area contributed by atoms with Gasteiger partial charge in [-0.15, -0.1) is 0 Å². The van der Waals surface area contributed by atoms with Gasteiger partial charge < -0.3 is 10.6 Å². The van der Waals surface area contributed by atoms with E-state index in [2.05, 4.69) is 20.0 Å². The van der Waals surface area contributed by atoms with E-state index in [4.69, 9.17) is 5.73 Å². The average molecular weight is 446 g/mol. The van der Waals surface area contributed by atoms with Crippen LogP contribution in [-0.4, -0.2) is 46.0 Å². The number of nitrogens with zero attached hydrogens (tertiary/aromatic N) is 5. The Kier molecular flexibility index (Phi) is 6.98. The predicted molar refractivity (Wildman–Crippen MR) is 99.8 cm³/mol. The van der Waals surface area contributed by atoms with Crippen LogP contribution >= 0.6 is 0 Å². The first-order valence-electron chi connectivity index (χ1n) is 8.51. The van der Waals surface area contributed by atoms with Crippen LogP contribution < -0.4 is 5.73 Å². The summed E-state index contributed by atoms with van der Waals surface area (Å²) in [6.07, 6.45) is -6.53. The van der Waals surface area contributed by atoms with Crippen LogP contribution in [0.15, 0.2) is 46.6 Å². The monoisotopic (exact) mass is 446 g/mol. The molecule has 0 spiro atoms. The standard InChI is InChI=1S/C18H16F6N6O/c1-10(14(28-9-25)29-16-26-4-3-5-27-16)30(2)15(31)11-6-12(17(19,20)21)8-13(7-11)18(22,23)24/h3-10H,1-2H3,(H2,25,26,27,28,29)/t10-/m0/s1. The highest BCUT2D eigenvalue weighted by molar-refractivity contribution is 6.00. The lowest BCUT2D eigenvalue weighted by molar-refractivity contribution is -0.143. The number of aromatic nitrogens is 2. The molecular formula is C18H16F6N6O. The number of rotatable bonds is 4. The molecule has 0 aliphatic carbocycles. The molecule has 1 amide bonds. The molecule has 2 N–H and O–H groups in total. The molecular weight excluding hydrogens is 430 g/mol. The van der Waals surface area contributed by atoms with Crippen LogP contribution in [0.3, 0.4) is 0 Å². The Hall–Kier alpha value is -3.51. The van der Waals surface area contributed by atoms with Crippen LogP contribution in [0, 0.1) is 0 Å². The first-order valence-corrected chi connectivity index (χ1v) is 8.51. The highest BCUT2D eigenvalue weighted by Crippen LogP contribution is 2.36. The molecule has 2 rings (SSSR count). The molecule has 1 heterocycles. The second-order valence-corrected chi connectivity index (χ2v) is 6.18. The summed E-state index contributed by atoms with van der Waals surface area (Å²) >= 11 is 0. The van der Waals surface area contributed by atoms with Crippen molar-refractivity contribution in [3.05, 3.63) is 53.3 Å². The van der Waals surface area contributed by atoms with Crippen LogP contribution in [0.1, 0.15) is 28.4 Å². The minimum absolute atomic E-state index is 0.0331. The van der Waals surface area contributed by atoms with E-state index in [-0.39, 0.29) is 17.9 Å². The first kappa shape index (κ1) is 23.8. The fourth-order valence-corrected chi connectivity index (χ4v) is 2.39. The fraction of sp³-hybridized carbons (Fsp3) is 0.278. The zero-order valence-corrected chi connectivity index (χ0v) is 16.1. The van der Waals surface area contributed by atoms with E-state index in [0.717, 1.165) is 11.2 Å². The Morgan fingerprint density at radius 3 is 2.03 bits per heavy atom. The molecule has 0 unspecified atom stereocenters. The largest absolute Gasteiger partial charge is 0.416 e. The summed E-state index contributed by atoms with van der Waals surface area (Å²) in [6.45, 7) is 1.41. The molecule has 0 saturated heterocycles. The number of hydrogen-bond donors (Lipinski definition) is 1. The number of likely N-dealkylation sites (N-methyl/N-ethyl adjacent to an activating group) is 1. The third kappa shape index (κ3) is 5.99. The molecule has 1 atom stereocenters. The van der Waals surface area contributed by atoms with Crippen molar-refractivity contribution >= 4 is 24.0 Å². The van der Waals surface area contributed by atoms with Gasteiger partial charge in [-0.1, -0.05) is 0 Å². The Morgan fingerprint density at radius 2 is 1.58 bits per heavy atom. The summed E-state index contributed by atoms with van der Waals surface area (Å²) in [5, 5.41) is 0. The van der Waals surface area contributed by atoms with Crippen LogP contribution in [0.25, 0.3) is 0 Å². The minimum Gasteiger partial charge on any atom is -0.390 e. The molecule has 0 fully saturated rings. The number of amidine groups is 1. The van der Waals surface area contributed by atoms with Gasteiger partial charge in [-0.3, -0.25) is 4.79 Å². The highest BCUT2D eigenvalue weighted by Gasteiger charge is 2.38. The number of carbonyl (C=O) groups excluding carboxylic acids is 1. The smallest absolute Gasteiger partial charge is 0.390 e. The molecule has 31 heavy (non-hydrogen) atoms. The van der Waals surface area contributed by atoms with E-state index >= 15 is 0 Å². The zero-order chi connectivity index (χ0) is 23.4. The van der Waals surface area contributed by atoms with E-state index in [0.29, 0.717) is 12.1 Å². The van der Waals surface area contributed by atoms with E-state index in [9.17, 15) is 31.1 Å². The number of amides is 1. The normalized spacial score (nSPS) is 14.0. The summed E-state index contributed by atoms with van der Waals surface area (Å²) in [6, 6.07) is 1.17. The van der Waals surface area contributed by atoms with Gasteiger partial charge in [0.05, 0.1) is 23.5 Å². The number of aliphatic imine (C=N–C) groups is 2. The average Bonchev–Trinajstić information content (AvgIpc) is 2.71. The Balaban J connectivity index is 2.46. The molecule has 0 bridgehead atoms. The third-order valence-electron chi connectivity index (χ3n) is 4.08. The van der Waals surface area contributed by atoms with E-state index in [1.54, 1.807) is 0 Å². The maximum Gasteiger partial charge on any atom is 0.416 e. The third-order valence-corrected chi connectivity index (χ3v) is 4.08. The van der Waals surface area contributed by atoms with Gasteiger partial charge in [-0.05, 0) is 31.2 Å². The van der Waals surface area contributed by atoms with Crippen molar-refractivity contribution in [2.75, 3.05) is 7.05 Å². The molecule has 13 heteroatoms. The van der Waals surface area contributed by atoms with Crippen molar-refractivity contribution in [2.45, 2.75) is 25.3 Å². The summed E-state index contributed by atoms with van der Waals surface area (Å²) in [5.74, 6) is -1.24. The fourth-order valence-electron chi connectivity index (χ4n) is 2.39. The maximum absolute atomic E-state index is 13.1. The predicted octanol–water partition coefficient (Wildman–Crippen LogP) is 3.69. The molecule has 0 radical (unpaired) electrons. The topological polar surface area (TPSA) is 96.8 Å². The lowest BCUT2D eigenvalue weighted by Crippen LogP contribution is -2.40. The van der Waals surface area contributed by atoms with Gasteiger partial charge in [-0.25, -0.2) is 15.0 Å². The molecule has 7 nitrogen and oxygen atoms in total. The Bertz CT molecular complexity index is 955. The second-order valence-electron chi connectivity index (χ2n) is 6.18. The molecule has 0 aliphatic heterocycles. The van der Waals surface area contributed by atoms with Crippen LogP contribution in [-0.2, 0) is 12.4 Å². The number of hydrogen-bond acceptors (Lipinski definition) is 4. The molecule has 2 aromatic rings. The molecule has 1 aromatic carbocycles. The number of halogens is 6. The maximum atomic E-state index is 13.1. The van der Waals surface area contributed by atoms with Crippen LogP contribution in [0.5, 0.6) is 0 Å². The molecule has 166 valence electrons. The number of carbonyl (C=O) groups is 1. The number of nitrogens with two attached hydrogens (primary N) is 1. The van der Waals surface area contributed by atoms with E-state index < -0.39 is 41.0 Å². The SMILES string of the molecule is C[C@@H](C(N=CN)=Nc1ncccn1)N(C)C(=O)c1cc(C(F)(F)F)cc(C(F)(F)F)c1. The van der Waals surface area contributed by atoms with E-state index in [1.165, 1.54) is 32.4 Å². The Labute approximate surface area is 172 Å². The molecule has 0 aliphatic rings. The van der Waals surface area contributed by atoms with Gasteiger partial charge in [0.2, 0.25) is 0 Å². The van der Waals surface area contributed by atoms with Crippen LogP contribution in [0.4, 0.5) is 32.3 Å². The lowest BCUT2D eigenvalue weighted by atomic mass is 10.0. The number of benzene rings is 1. The van der Waals surface area contributed by atoms with Gasteiger partial charge in [0.15, 0.2) is 5.84 Å². The second kappa shape index (κ2) is 9.10. The highest BCUT2D eigenvalue weighted by atomic mass is 19.4. The van der Waals surface area contributed by atoms with Crippen molar-refractivity contribution in [2.24, 2.45) is 15.7 Å². The van der Waals surface area contributed by atoms with E-state index in [1.807, 2.05) is 0 Å². The van der Waals surface area contributed by atoms with Crippen molar-refractivity contribution in [3.63, 3.8) is 0 Å². The van der Waals surface area contributed by atoms with Crippen molar-refractivity contribution in [3.8, 4) is 0 Å². The van der Waals surface area contributed by atoms with Gasteiger partial charge in [-0.2, -0.15) is 31.3 Å². The van der Waals surface area contributed by atoms with Gasteiger partial charge >= 0.3 is 12.4 Å². The molecule has 1 aromatic heterocycles. The van der Waals surface area contributed by atoms with Gasteiger partial charge in [0, 0.05) is 25.0 Å². The van der Waals surface area contributed by atoms with Crippen molar-refractivity contribution < 1.29 is 31.1 Å². The van der Waals surface area contributed by atoms with Crippen molar-refractivity contribution in [1.29, 1.82) is 0 Å². The molecule has 0 saturated carbocycles. The summed E-state index contributed by atoms with van der Waals surface area (Å²) in [7, 11) is 1.17. The van der Waals surface area contributed by atoms with Gasteiger partial charge in [0.1, 0.15) is 0 Å².